The predicted molar refractivity (Wildman–Crippen MR) is 77.5 cm³/mol. The number of hydrogen-bond donors (Lipinski definition) is 2. The van der Waals surface area contributed by atoms with Gasteiger partial charge in [-0.05, 0) is 11.5 Å². The Hall–Kier alpha value is -2.18. The third kappa shape index (κ3) is 3.48. The fraction of sp³-hybridized carbons (Fsp3) is 0.214. The molecule has 1 unspecified atom stereocenters. The van der Waals surface area contributed by atoms with Gasteiger partial charge in [0.05, 0.1) is 6.54 Å². The van der Waals surface area contributed by atoms with Gasteiger partial charge in [0.15, 0.2) is 6.10 Å². The van der Waals surface area contributed by atoms with Crippen molar-refractivity contribution in [2.75, 3.05) is 13.7 Å². The topological polar surface area (TPSA) is 88.5 Å². The molecule has 1 aromatic carbocycles. The number of carboxylic acids is 1. The van der Waals surface area contributed by atoms with Crippen LogP contribution in [0.4, 0.5) is 0 Å². The zero-order valence-electron chi connectivity index (χ0n) is 11.2. The van der Waals surface area contributed by atoms with Crippen LogP contribution in [0.2, 0.25) is 5.15 Å². The maximum absolute atomic E-state index is 12.0. The summed E-state index contributed by atoms with van der Waals surface area (Å²) < 4.78 is 4.73. The first kappa shape index (κ1) is 15.2. The molecule has 0 radical (unpaired) electrons. The fourth-order valence-corrected chi connectivity index (χ4v) is 2.08. The number of halogens is 1. The molecule has 0 aliphatic rings. The molecule has 0 saturated carbocycles. The summed E-state index contributed by atoms with van der Waals surface area (Å²) in [7, 11) is 1.26. The van der Waals surface area contributed by atoms with Crippen molar-refractivity contribution in [1.29, 1.82) is 0 Å². The number of carboxylic acid groups (broad SMARTS) is 1. The smallest absolute Gasteiger partial charge is 0.334 e. The van der Waals surface area contributed by atoms with Crippen molar-refractivity contribution < 1.29 is 19.4 Å². The third-order valence-corrected chi connectivity index (χ3v) is 3.22. The molecular weight excluding hydrogens is 296 g/mol. The van der Waals surface area contributed by atoms with Crippen molar-refractivity contribution in [1.82, 2.24) is 10.3 Å². The van der Waals surface area contributed by atoms with Gasteiger partial charge in [0, 0.05) is 12.5 Å². The number of aromatic nitrogens is 1. The number of carbonyl (C=O) groups is 2. The minimum atomic E-state index is -1.15. The van der Waals surface area contributed by atoms with E-state index in [1.807, 2.05) is 18.2 Å². The summed E-state index contributed by atoms with van der Waals surface area (Å²) in [4.78, 5) is 26.8. The molecule has 1 atom stereocenters. The van der Waals surface area contributed by atoms with E-state index in [1.54, 1.807) is 12.1 Å². The highest BCUT2D eigenvalue weighted by Gasteiger charge is 2.18. The molecule has 1 heterocycles. The Bertz CT molecular complexity index is 690. The first-order valence-electron chi connectivity index (χ1n) is 6.12. The van der Waals surface area contributed by atoms with Gasteiger partial charge >= 0.3 is 5.97 Å². The van der Waals surface area contributed by atoms with Gasteiger partial charge in [0.2, 0.25) is 0 Å². The summed E-state index contributed by atoms with van der Waals surface area (Å²) in [5, 5.41) is 13.0. The Balaban J connectivity index is 2.18. The molecule has 21 heavy (non-hydrogen) atoms. The van der Waals surface area contributed by atoms with Crippen LogP contribution in [0.5, 0.6) is 0 Å². The number of hydrogen-bond acceptors (Lipinski definition) is 4. The van der Waals surface area contributed by atoms with Gasteiger partial charge < -0.3 is 15.2 Å². The second-order valence-corrected chi connectivity index (χ2v) is 4.65. The molecule has 1 aromatic heterocycles. The number of amides is 1. The molecule has 110 valence electrons. The number of pyridine rings is 1. The molecule has 6 nitrogen and oxygen atoms in total. The molecule has 0 saturated heterocycles. The zero-order chi connectivity index (χ0) is 15.4. The second kappa shape index (κ2) is 6.51. The second-order valence-electron chi connectivity index (χ2n) is 4.29. The van der Waals surface area contributed by atoms with Crippen LogP contribution in [0.1, 0.15) is 10.5 Å². The van der Waals surface area contributed by atoms with Crippen molar-refractivity contribution in [3.63, 3.8) is 0 Å². The van der Waals surface area contributed by atoms with Crippen molar-refractivity contribution in [3.8, 4) is 0 Å². The van der Waals surface area contributed by atoms with Gasteiger partial charge in [0.25, 0.3) is 5.91 Å². The summed E-state index contributed by atoms with van der Waals surface area (Å²) in [6, 6.07) is 8.86. The average Bonchev–Trinajstić information content (AvgIpc) is 2.47. The lowest BCUT2D eigenvalue weighted by atomic mass is 10.1. The lowest BCUT2D eigenvalue weighted by Gasteiger charge is -2.11. The number of methoxy groups -OCH3 is 1. The van der Waals surface area contributed by atoms with E-state index in [4.69, 9.17) is 21.4 Å². The highest BCUT2D eigenvalue weighted by atomic mass is 35.5. The normalized spacial score (nSPS) is 12.1. The molecule has 0 fully saturated rings. The lowest BCUT2D eigenvalue weighted by Crippen LogP contribution is -2.38. The van der Waals surface area contributed by atoms with Gasteiger partial charge in [-0.2, -0.15) is 0 Å². The van der Waals surface area contributed by atoms with Gasteiger partial charge in [0.1, 0.15) is 10.8 Å². The SMILES string of the molecule is COC(CNC(=O)c1cc2ccccc2c(Cl)n1)C(=O)O. The molecule has 0 aliphatic heterocycles. The van der Waals surface area contributed by atoms with Crippen LogP contribution in [-0.2, 0) is 9.53 Å². The molecule has 0 aliphatic carbocycles. The summed E-state index contributed by atoms with van der Waals surface area (Å²) in [6.45, 7) is -0.156. The molecular formula is C14H13ClN2O4. The fourth-order valence-electron chi connectivity index (χ4n) is 1.82. The number of ether oxygens (including phenoxy) is 1. The van der Waals surface area contributed by atoms with Crippen LogP contribution in [0.3, 0.4) is 0 Å². The number of benzene rings is 1. The van der Waals surface area contributed by atoms with Crippen molar-refractivity contribution in [2.24, 2.45) is 0 Å². The largest absolute Gasteiger partial charge is 0.479 e. The summed E-state index contributed by atoms with van der Waals surface area (Å²) in [5.41, 5.74) is 0.124. The number of aliphatic carboxylic acids is 1. The number of nitrogens with one attached hydrogen (secondary N) is 1. The minimum Gasteiger partial charge on any atom is -0.479 e. The average molecular weight is 309 g/mol. The number of carbonyl (C=O) groups excluding carboxylic acids is 1. The highest BCUT2D eigenvalue weighted by molar-refractivity contribution is 6.34. The van der Waals surface area contributed by atoms with E-state index in [0.717, 1.165) is 10.8 Å². The molecule has 0 spiro atoms. The van der Waals surface area contributed by atoms with Crippen LogP contribution < -0.4 is 5.32 Å². The van der Waals surface area contributed by atoms with Crippen molar-refractivity contribution in [3.05, 3.63) is 41.2 Å². The van der Waals surface area contributed by atoms with E-state index >= 15 is 0 Å². The van der Waals surface area contributed by atoms with E-state index in [2.05, 4.69) is 10.3 Å². The van der Waals surface area contributed by atoms with Gasteiger partial charge in [-0.1, -0.05) is 35.9 Å². The molecule has 2 aromatic rings. The quantitative estimate of drug-likeness (QED) is 0.821. The lowest BCUT2D eigenvalue weighted by molar-refractivity contribution is -0.148. The summed E-state index contributed by atoms with van der Waals surface area (Å²) in [5.74, 6) is -1.66. The molecule has 7 heteroatoms. The summed E-state index contributed by atoms with van der Waals surface area (Å²) in [6.07, 6.45) is -1.11. The standard InChI is InChI=1S/C14H13ClN2O4/c1-21-11(14(19)20)7-16-13(18)10-6-8-4-2-3-5-9(8)12(15)17-10/h2-6,11H,7H2,1H3,(H,16,18)(H,19,20). The number of rotatable bonds is 5. The minimum absolute atomic E-state index is 0.124. The predicted octanol–water partition coefficient (Wildman–Crippen LogP) is 1.72. The van der Waals surface area contributed by atoms with Crippen LogP contribution in [0.25, 0.3) is 10.8 Å². The highest BCUT2D eigenvalue weighted by Crippen LogP contribution is 2.22. The van der Waals surface area contributed by atoms with E-state index in [-0.39, 0.29) is 17.4 Å². The zero-order valence-corrected chi connectivity index (χ0v) is 11.9. The number of nitrogens with zero attached hydrogens (tertiary/aromatic N) is 1. The van der Waals surface area contributed by atoms with E-state index in [0.29, 0.717) is 0 Å². The summed E-state index contributed by atoms with van der Waals surface area (Å²) >= 11 is 6.04. The Kier molecular flexibility index (Phi) is 4.72. The van der Waals surface area contributed by atoms with Crippen LogP contribution in [0.15, 0.2) is 30.3 Å². The Morgan fingerprint density at radius 1 is 1.43 bits per heavy atom. The van der Waals surface area contributed by atoms with E-state index in [9.17, 15) is 9.59 Å². The van der Waals surface area contributed by atoms with Crippen LogP contribution >= 0.6 is 11.6 Å². The maximum atomic E-state index is 12.0. The van der Waals surface area contributed by atoms with Crippen molar-refractivity contribution in [2.45, 2.75) is 6.10 Å². The molecule has 2 rings (SSSR count). The Labute approximate surface area is 125 Å². The van der Waals surface area contributed by atoms with Crippen LogP contribution in [0, 0.1) is 0 Å². The van der Waals surface area contributed by atoms with Gasteiger partial charge in [-0.25, -0.2) is 9.78 Å². The van der Waals surface area contributed by atoms with Gasteiger partial charge in [-0.15, -0.1) is 0 Å². The van der Waals surface area contributed by atoms with E-state index in [1.165, 1.54) is 7.11 Å². The van der Waals surface area contributed by atoms with E-state index < -0.39 is 18.0 Å². The number of fused-ring (bicyclic) bond motifs is 1. The first-order chi connectivity index (χ1) is 10.0. The Morgan fingerprint density at radius 2 is 2.14 bits per heavy atom. The van der Waals surface area contributed by atoms with Gasteiger partial charge in [-0.3, -0.25) is 4.79 Å². The molecule has 1 amide bonds. The Morgan fingerprint density at radius 3 is 2.81 bits per heavy atom. The first-order valence-corrected chi connectivity index (χ1v) is 6.50. The molecule has 0 bridgehead atoms. The maximum Gasteiger partial charge on any atom is 0.334 e. The van der Waals surface area contributed by atoms with Crippen LogP contribution in [-0.4, -0.2) is 41.7 Å². The monoisotopic (exact) mass is 308 g/mol. The molecule has 2 N–H and O–H groups in total. The third-order valence-electron chi connectivity index (χ3n) is 2.93. The van der Waals surface area contributed by atoms with Crippen molar-refractivity contribution >= 4 is 34.2 Å².